The number of ether oxygens (including phenoxy) is 1. The van der Waals surface area contributed by atoms with Crippen LogP contribution >= 0.6 is 0 Å². The number of nitrogens with one attached hydrogen (secondary N) is 1. The van der Waals surface area contributed by atoms with E-state index < -0.39 is 0 Å². The molecule has 3 fully saturated rings. The molecule has 1 N–H and O–H groups in total. The summed E-state index contributed by atoms with van der Waals surface area (Å²) in [6.45, 7) is 23.4. The summed E-state index contributed by atoms with van der Waals surface area (Å²) in [6.07, 6.45) is 23.8. The number of unbranched alkanes of at least 4 members (excludes halogenated alkanes) is 3. The first-order chi connectivity index (χ1) is 22.1. The van der Waals surface area contributed by atoms with Gasteiger partial charge in [0.25, 0.3) is 0 Å². The molecule has 46 heavy (non-hydrogen) atoms. The molecular formula is C42H76N2O2. The lowest BCUT2D eigenvalue weighted by Crippen LogP contribution is -2.51. The highest BCUT2D eigenvalue weighted by molar-refractivity contribution is 5.67. The number of fused-ring (bicyclic) bond motifs is 5. The fraction of sp³-hybridized carbons (Fsp3) is 0.929. The van der Waals surface area contributed by atoms with Crippen LogP contribution < -0.4 is 5.32 Å². The summed E-state index contributed by atoms with van der Waals surface area (Å²) < 4.78 is 6.31. The van der Waals surface area contributed by atoms with Crippen molar-refractivity contribution in [2.24, 2.45) is 52.3 Å². The fourth-order valence-electron chi connectivity index (χ4n) is 11.3. The van der Waals surface area contributed by atoms with Gasteiger partial charge in [-0.2, -0.15) is 0 Å². The Morgan fingerprint density at radius 3 is 2.41 bits per heavy atom. The van der Waals surface area contributed by atoms with Crippen molar-refractivity contribution in [2.45, 2.75) is 171 Å². The second kappa shape index (κ2) is 17.6. The number of nitrogens with zero attached hydrogens (tertiary/aromatic N) is 1. The molecule has 1 amide bonds. The van der Waals surface area contributed by atoms with Crippen molar-refractivity contribution >= 4 is 6.09 Å². The van der Waals surface area contributed by atoms with Crippen LogP contribution in [0.4, 0.5) is 4.79 Å². The standard InChI is InChI=1S/C42H76N2O2/c1-9-12-28-44(29-15-13-14-27-43-26-10-2)40(45)46-35-22-24-41(7)34(30-35)18-19-36-38-21-20-37(42(38,8)25-23-39(36)41)32(6)16-17-33(11-3)31(4)5/h18,31-33,35-39,43H,9-17,19-30H2,1-8H3/t32-,33-,35+,36+,37-,38+,39+,41+,42-/m1/s1. The molecule has 4 heteroatoms. The predicted molar refractivity (Wildman–Crippen MR) is 196 cm³/mol. The lowest BCUT2D eigenvalue weighted by molar-refractivity contribution is -0.0595. The first-order valence-electron chi connectivity index (χ1n) is 20.4. The van der Waals surface area contributed by atoms with E-state index in [1.165, 1.54) is 77.0 Å². The van der Waals surface area contributed by atoms with Crippen molar-refractivity contribution in [3.8, 4) is 0 Å². The molecule has 0 aromatic heterocycles. The summed E-state index contributed by atoms with van der Waals surface area (Å²) in [4.78, 5) is 15.5. The Kier molecular flexibility index (Phi) is 14.4. The van der Waals surface area contributed by atoms with E-state index in [-0.39, 0.29) is 12.2 Å². The number of carbonyl (C=O) groups excluding carboxylic acids is 1. The average Bonchev–Trinajstić information content (AvgIpc) is 3.39. The fourth-order valence-corrected chi connectivity index (χ4v) is 11.3. The maximum Gasteiger partial charge on any atom is 0.410 e. The Bertz CT molecular complexity index is 961. The van der Waals surface area contributed by atoms with Gasteiger partial charge in [0.15, 0.2) is 0 Å². The van der Waals surface area contributed by atoms with Crippen molar-refractivity contribution in [3.05, 3.63) is 11.6 Å². The molecule has 0 aliphatic heterocycles. The first-order valence-corrected chi connectivity index (χ1v) is 20.4. The Hall–Kier alpha value is -1.03. The summed E-state index contributed by atoms with van der Waals surface area (Å²) in [6, 6.07) is 0. The van der Waals surface area contributed by atoms with Crippen molar-refractivity contribution < 1.29 is 9.53 Å². The van der Waals surface area contributed by atoms with Gasteiger partial charge in [0.05, 0.1) is 0 Å². The summed E-state index contributed by atoms with van der Waals surface area (Å²) in [7, 11) is 0. The zero-order chi connectivity index (χ0) is 33.3. The van der Waals surface area contributed by atoms with Gasteiger partial charge in [-0.1, -0.05) is 92.7 Å². The van der Waals surface area contributed by atoms with E-state index in [0.717, 1.165) is 99.7 Å². The molecule has 9 atom stereocenters. The molecule has 0 spiro atoms. The maximum absolute atomic E-state index is 13.4. The van der Waals surface area contributed by atoms with Gasteiger partial charge in [-0.25, -0.2) is 4.79 Å². The number of rotatable bonds is 18. The summed E-state index contributed by atoms with van der Waals surface area (Å²) in [5, 5.41) is 3.50. The van der Waals surface area contributed by atoms with Crippen LogP contribution in [-0.2, 0) is 4.74 Å². The Morgan fingerprint density at radius 1 is 0.913 bits per heavy atom. The van der Waals surface area contributed by atoms with Crippen LogP contribution in [0.3, 0.4) is 0 Å². The molecule has 0 radical (unpaired) electrons. The normalized spacial score (nSPS) is 33.5. The topological polar surface area (TPSA) is 41.6 Å². The molecule has 4 rings (SSSR count). The zero-order valence-electron chi connectivity index (χ0n) is 31.8. The predicted octanol–water partition coefficient (Wildman–Crippen LogP) is 11.4. The molecule has 4 aliphatic rings. The molecule has 0 saturated heterocycles. The number of amides is 1. The Morgan fingerprint density at radius 2 is 1.70 bits per heavy atom. The lowest BCUT2D eigenvalue weighted by atomic mass is 9.47. The van der Waals surface area contributed by atoms with E-state index in [4.69, 9.17) is 4.74 Å². The van der Waals surface area contributed by atoms with Gasteiger partial charge >= 0.3 is 6.09 Å². The van der Waals surface area contributed by atoms with Crippen molar-refractivity contribution in [3.63, 3.8) is 0 Å². The van der Waals surface area contributed by atoms with E-state index in [2.05, 4.69) is 66.8 Å². The quantitative estimate of drug-likeness (QED) is 0.120. The summed E-state index contributed by atoms with van der Waals surface area (Å²) >= 11 is 0. The van der Waals surface area contributed by atoms with E-state index in [1.807, 2.05) is 4.90 Å². The number of hydrogen-bond donors (Lipinski definition) is 1. The molecule has 0 aromatic rings. The first kappa shape index (κ1) is 37.8. The summed E-state index contributed by atoms with van der Waals surface area (Å²) in [5.74, 6) is 6.03. The minimum Gasteiger partial charge on any atom is -0.446 e. The minimum atomic E-state index is -0.0568. The van der Waals surface area contributed by atoms with Gasteiger partial charge in [-0.3, -0.25) is 0 Å². The third-order valence-corrected chi connectivity index (χ3v) is 14.3. The number of hydrogen-bond acceptors (Lipinski definition) is 3. The second-order valence-corrected chi connectivity index (χ2v) is 17.4. The third kappa shape index (κ3) is 8.76. The van der Waals surface area contributed by atoms with Gasteiger partial charge in [0.1, 0.15) is 6.10 Å². The maximum atomic E-state index is 13.4. The van der Waals surface area contributed by atoms with Crippen LogP contribution in [0.5, 0.6) is 0 Å². The molecule has 0 aromatic carbocycles. The lowest BCUT2D eigenvalue weighted by Gasteiger charge is -2.58. The van der Waals surface area contributed by atoms with Crippen LogP contribution in [0.25, 0.3) is 0 Å². The molecule has 4 nitrogen and oxygen atoms in total. The van der Waals surface area contributed by atoms with Gasteiger partial charge in [0, 0.05) is 19.5 Å². The largest absolute Gasteiger partial charge is 0.446 e. The monoisotopic (exact) mass is 641 g/mol. The summed E-state index contributed by atoms with van der Waals surface area (Å²) in [5.41, 5.74) is 2.46. The van der Waals surface area contributed by atoms with Crippen LogP contribution in [0.15, 0.2) is 11.6 Å². The van der Waals surface area contributed by atoms with Crippen molar-refractivity contribution in [1.82, 2.24) is 10.2 Å². The van der Waals surface area contributed by atoms with Crippen LogP contribution in [0.1, 0.15) is 165 Å². The molecular weight excluding hydrogens is 564 g/mol. The van der Waals surface area contributed by atoms with E-state index >= 15 is 0 Å². The molecule has 0 heterocycles. The molecule has 0 unspecified atom stereocenters. The second-order valence-electron chi connectivity index (χ2n) is 17.4. The SMILES string of the molecule is CCCCN(CCCCCNCCC)C(=O)O[C@H]1CC[C@@]2(C)C(=CC[C@H]3[C@@H]4CC[C@H]([C@H](C)CC[C@@H](CC)C(C)C)[C@@]4(C)CC[C@@H]32)C1. The highest BCUT2D eigenvalue weighted by Gasteiger charge is 2.59. The zero-order valence-corrected chi connectivity index (χ0v) is 31.8. The van der Waals surface area contributed by atoms with Gasteiger partial charge < -0.3 is 15.0 Å². The average molecular weight is 641 g/mol. The van der Waals surface area contributed by atoms with Crippen molar-refractivity contribution in [1.29, 1.82) is 0 Å². The van der Waals surface area contributed by atoms with Gasteiger partial charge in [-0.15, -0.1) is 0 Å². The van der Waals surface area contributed by atoms with E-state index in [0.29, 0.717) is 10.8 Å². The van der Waals surface area contributed by atoms with E-state index in [1.54, 1.807) is 5.57 Å². The van der Waals surface area contributed by atoms with Crippen molar-refractivity contribution in [2.75, 3.05) is 26.2 Å². The molecule has 4 aliphatic carbocycles. The Balaban J connectivity index is 1.33. The highest BCUT2D eigenvalue weighted by atomic mass is 16.6. The molecule has 266 valence electrons. The molecule has 0 bridgehead atoms. The number of carbonyl (C=O) groups is 1. The van der Waals surface area contributed by atoms with Gasteiger partial charge in [0.2, 0.25) is 0 Å². The van der Waals surface area contributed by atoms with Crippen LogP contribution in [0.2, 0.25) is 0 Å². The number of allylic oxidation sites excluding steroid dienone is 1. The Labute approximate surface area is 286 Å². The van der Waals surface area contributed by atoms with Crippen LogP contribution in [0, 0.1) is 52.3 Å². The minimum absolute atomic E-state index is 0.0501. The smallest absolute Gasteiger partial charge is 0.410 e. The highest BCUT2D eigenvalue weighted by Crippen LogP contribution is 2.67. The van der Waals surface area contributed by atoms with Crippen LogP contribution in [-0.4, -0.2) is 43.3 Å². The van der Waals surface area contributed by atoms with Gasteiger partial charge in [-0.05, 0) is 142 Å². The third-order valence-electron chi connectivity index (χ3n) is 14.3. The molecule has 3 saturated carbocycles. The van der Waals surface area contributed by atoms with E-state index in [9.17, 15) is 4.79 Å².